The Morgan fingerprint density at radius 3 is 1.95 bits per heavy atom. The summed E-state index contributed by atoms with van der Waals surface area (Å²) in [5, 5.41) is 5.76. The maximum absolute atomic E-state index is 12.4. The van der Waals surface area contributed by atoms with E-state index in [-0.39, 0.29) is 17.5 Å². The van der Waals surface area contributed by atoms with E-state index in [1.54, 1.807) is 6.07 Å². The molecule has 0 radical (unpaired) electrons. The number of sulfonamides is 1. The highest BCUT2D eigenvalue weighted by Crippen LogP contribution is 2.36. The van der Waals surface area contributed by atoms with Gasteiger partial charge in [0.05, 0.1) is 11.8 Å². The number of piperidine rings is 1. The second-order valence-electron chi connectivity index (χ2n) is 9.47. The monoisotopic (exact) mass is 555 g/mol. The Bertz CT molecular complexity index is 1530. The molecule has 0 bridgehead atoms. The summed E-state index contributed by atoms with van der Waals surface area (Å²) in [6.07, 6.45) is 2.57. The second-order valence-corrected chi connectivity index (χ2v) is 12.3. The highest BCUT2D eigenvalue weighted by molar-refractivity contribution is 7.88. The molecule has 192 valence electrons. The molecule has 2 heterocycles. The Labute approximate surface area is 226 Å². The summed E-state index contributed by atoms with van der Waals surface area (Å²) in [7, 11) is -3.20. The third kappa shape index (κ3) is 5.85. The van der Waals surface area contributed by atoms with Gasteiger partial charge in [0.1, 0.15) is 0 Å². The van der Waals surface area contributed by atoms with Gasteiger partial charge in [-0.3, -0.25) is 4.79 Å². The van der Waals surface area contributed by atoms with Gasteiger partial charge >= 0.3 is 0 Å². The van der Waals surface area contributed by atoms with Crippen LogP contribution in [0.3, 0.4) is 0 Å². The Morgan fingerprint density at radius 1 is 0.865 bits per heavy atom. The number of anilines is 1. The minimum absolute atomic E-state index is 0.0648. The molecule has 0 aliphatic carbocycles. The molecule has 0 amide bonds. The SMILES string of the molecule is CS(=O)(=O)N1CCC(Nc2cc(=O)[nH]c3ccc(C(c4ccc(Cl)cc4)c4ccc(Cl)cc4)cc23)CC1. The molecule has 6 nitrogen and oxygen atoms in total. The molecule has 0 unspecified atom stereocenters. The van der Waals surface area contributed by atoms with E-state index in [9.17, 15) is 13.2 Å². The zero-order valence-electron chi connectivity index (χ0n) is 20.2. The molecule has 5 rings (SSSR count). The van der Waals surface area contributed by atoms with E-state index in [1.165, 1.54) is 10.6 Å². The third-order valence-electron chi connectivity index (χ3n) is 6.89. The number of aromatic amines is 1. The molecular formula is C28H27Cl2N3O3S. The fraction of sp³-hybridized carbons (Fsp3) is 0.250. The summed E-state index contributed by atoms with van der Waals surface area (Å²) >= 11 is 12.3. The van der Waals surface area contributed by atoms with Gasteiger partial charge in [-0.1, -0.05) is 53.5 Å². The maximum Gasteiger partial charge on any atom is 0.250 e. The molecular weight excluding hydrogens is 529 g/mol. The van der Waals surface area contributed by atoms with Gasteiger partial charge in [0.2, 0.25) is 15.6 Å². The lowest BCUT2D eigenvalue weighted by Gasteiger charge is -2.31. The number of aromatic nitrogens is 1. The van der Waals surface area contributed by atoms with Gasteiger partial charge in [-0.25, -0.2) is 12.7 Å². The Hall–Kier alpha value is -2.84. The largest absolute Gasteiger partial charge is 0.382 e. The minimum atomic E-state index is -3.20. The van der Waals surface area contributed by atoms with Crippen LogP contribution in [0.2, 0.25) is 10.0 Å². The van der Waals surface area contributed by atoms with E-state index < -0.39 is 10.0 Å². The van der Waals surface area contributed by atoms with Crippen molar-refractivity contribution in [3.8, 4) is 0 Å². The van der Waals surface area contributed by atoms with Crippen LogP contribution < -0.4 is 10.9 Å². The lowest BCUT2D eigenvalue weighted by molar-refractivity contribution is 0.332. The first-order valence-corrected chi connectivity index (χ1v) is 14.7. The highest BCUT2D eigenvalue weighted by Gasteiger charge is 2.25. The molecule has 0 saturated carbocycles. The Morgan fingerprint density at radius 2 is 1.41 bits per heavy atom. The number of pyridine rings is 1. The van der Waals surface area contributed by atoms with E-state index in [1.807, 2.05) is 60.7 Å². The van der Waals surface area contributed by atoms with Gasteiger partial charge in [0.25, 0.3) is 0 Å². The number of hydrogen-bond donors (Lipinski definition) is 2. The van der Waals surface area contributed by atoms with Crippen LogP contribution in [0.15, 0.2) is 77.6 Å². The van der Waals surface area contributed by atoms with Crippen molar-refractivity contribution in [3.05, 3.63) is 110 Å². The van der Waals surface area contributed by atoms with Crippen molar-refractivity contribution in [2.24, 2.45) is 0 Å². The second kappa shape index (κ2) is 10.5. The van der Waals surface area contributed by atoms with Gasteiger partial charge in [-0.05, 0) is 65.9 Å². The third-order valence-corrected chi connectivity index (χ3v) is 8.70. The van der Waals surface area contributed by atoms with Gasteiger partial charge in [-0.2, -0.15) is 0 Å². The molecule has 2 N–H and O–H groups in total. The molecule has 1 saturated heterocycles. The summed E-state index contributed by atoms with van der Waals surface area (Å²) < 4.78 is 25.3. The fourth-order valence-electron chi connectivity index (χ4n) is 5.01. The number of nitrogens with one attached hydrogen (secondary N) is 2. The smallest absolute Gasteiger partial charge is 0.250 e. The van der Waals surface area contributed by atoms with E-state index in [2.05, 4.69) is 16.4 Å². The number of nitrogens with zero attached hydrogens (tertiary/aromatic N) is 1. The Kier molecular flexibility index (Phi) is 7.32. The van der Waals surface area contributed by atoms with Crippen LogP contribution in [-0.4, -0.2) is 43.1 Å². The lowest BCUT2D eigenvalue weighted by atomic mass is 9.84. The van der Waals surface area contributed by atoms with Crippen LogP contribution in [0, 0.1) is 0 Å². The van der Waals surface area contributed by atoms with Crippen molar-refractivity contribution < 1.29 is 8.42 Å². The standard InChI is InChI=1S/C28H27Cl2N3O3S/c1-37(35,36)33-14-12-23(13-15-33)31-26-17-27(34)32-25-11-6-20(16-24(25)26)28(18-2-7-21(29)8-3-18)19-4-9-22(30)10-5-19/h2-11,16-17,23,28H,12-15H2,1H3,(H2,31,32,34). The van der Waals surface area contributed by atoms with Gasteiger partial charge in [0, 0.05) is 52.2 Å². The molecule has 9 heteroatoms. The van der Waals surface area contributed by atoms with Crippen molar-refractivity contribution in [2.45, 2.75) is 24.8 Å². The van der Waals surface area contributed by atoms with E-state index in [0.29, 0.717) is 36.0 Å². The molecule has 1 aliphatic heterocycles. The first-order chi connectivity index (χ1) is 17.7. The fourth-order valence-corrected chi connectivity index (χ4v) is 6.14. The lowest BCUT2D eigenvalue weighted by Crippen LogP contribution is -2.41. The average Bonchev–Trinajstić information content (AvgIpc) is 2.86. The van der Waals surface area contributed by atoms with Crippen LogP contribution in [0.25, 0.3) is 10.9 Å². The molecule has 3 aromatic carbocycles. The summed E-state index contributed by atoms with van der Waals surface area (Å²) in [6.45, 7) is 0.913. The van der Waals surface area contributed by atoms with E-state index >= 15 is 0 Å². The average molecular weight is 557 g/mol. The number of benzene rings is 3. The van der Waals surface area contributed by atoms with Crippen molar-refractivity contribution in [3.63, 3.8) is 0 Å². The molecule has 1 aliphatic rings. The van der Waals surface area contributed by atoms with Gasteiger partial charge < -0.3 is 10.3 Å². The zero-order valence-corrected chi connectivity index (χ0v) is 22.6. The first kappa shape index (κ1) is 25.8. The normalized spacial score (nSPS) is 15.4. The first-order valence-electron chi connectivity index (χ1n) is 12.1. The molecule has 4 aromatic rings. The topological polar surface area (TPSA) is 82.3 Å². The van der Waals surface area contributed by atoms with Crippen LogP contribution in [0.1, 0.15) is 35.4 Å². The number of fused-ring (bicyclic) bond motifs is 1. The zero-order chi connectivity index (χ0) is 26.2. The number of hydrogen-bond acceptors (Lipinski definition) is 4. The minimum Gasteiger partial charge on any atom is -0.382 e. The van der Waals surface area contributed by atoms with Crippen LogP contribution in [0.5, 0.6) is 0 Å². The van der Waals surface area contributed by atoms with Crippen LogP contribution >= 0.6 is 23.2 Å². The van der Waals surface area contributed by atoms with Gasteiger partial charge in [-0.15, -0.1) is 0 Å². The summed E-state index contributed by atoms with van der Waals surface area (Å²) in [5.74, 6) is -0.0725. The van der Waals surface area contributed by atoms with E-state index in [0.717, 1.165) is 33.3 Å². The van der Waals surface area contributed by atoms with Crippen LogP contribution in [-0.2, 0) is 10.0 Å². The van der Waals surface area contributed by atoms with Crippen molar-refractivity contribution in [1.29, 1.82) is 0 Å². The molecule has 1 aromatic heterocycles. The van der Waals surface area contributed by atoms with Crippen molar-refractivity contribution in [1.82, 2.24) is 9.29 Å². The number of H-pyrrole nitrogens is 1. The summed E-state index contributed by atoms with van der Waals surface area (Å²) in [5.41, 5.74) is 4.50. The predicted molar refractivity (Wildman–Crippen MR) is 151 cm³/mol. The summed E-state index contributed by atoms with van der Waals surface area (Å²) in [4.78, 5) is 15.4. The van der Waals surface area contributed by atoms with E-state index in [4.69, 9.17) is 23.2 Å². The van der Waals surface area contributed by atoms with Gasteiger partial charge in [0.15, 0.2) is 0 Å². The molecule has 1 fully saturated rings. The summed E-state index contributed by atoms with van der Waals surface area (Å²) in [6, 6.07) is 23.3. The maximum atomic E-state index is 12.4. The van der Waals surface area contributed by atoms with Crippen LogP contribution in [0.4, 0.5) is 5.69 Å². The number of halogens is 2. The quantitative estimate of drug-likeness (QED) is 0.292. The molecule has 0 atom stereocenters. The van der Waals surface area contributed by atoms with Crippen molar-refractivity contribution >= 4 is 49.8 Å². The highest BCUT2D eigenvalue weighted by atomic mass is 35.5. The molecule has 37 heavy (non-hydrogen) atoms. The predicted octanol–water partition coefficient (Wildman–Crippen LogP) is 5.85. The van der Waals surface area contributed by atoms with Crippen molar-refractivity contribution in [2.75, 3.05) is 24.7 Å². The Balaban J connectivity index is 1.54. The number of rotatable bonds is 6. The molecule has 0 spiro atoms.